The first kappa shape index (κ1) is 16.6. The summed E-state index contributed by atoms with van der Waals surface area (Å²) in [5.41, 5.74) is 4.54. The maximum atomic E-state index is 5.42. The van der Waals surface area contributed by atoms with Gasteiger partial charge in [0.15, 0.2) is 0 Å². The summed E-state index contributed by atoms with van der Waals surface area (Å²) in [6.45, 7) is 1.46. The van der Waals surface area contributed by atoms with Crippen LogP contribution < -0.4 is 10.2 Å². The zero-order valence-corrected chi connectivity index (χ0v) is 15.4. The van der Waals surface area contributed by atoms with Crippen molar-refractivity contribution in [2.24, 2.45) is 0 Å². The van der Waals surface area contributed by atoms with Crippen LogP contribution in [-0.2, 0) is 13.0 Å². The van der Waals surface area contributed by atoms with Crippen molar-refractivity contribution in [2.75, 3.05) is 16.8 Å². The number of nitrogens with zero attached hydrogens (tertiary/aromatic N) is 3. The van der Waals surface area contributed by atoms with Crippen molar-refractivity contribution in [2.45, 2.75) is 13.0 Å². The highest BCUT2D eigenvalue weighted by molar-refractivity contribution is 5.72. The first-order valence-electron chi connectivity index (χ1n) is 9.43. The van der Waals surface area contributed by atoms with E-state index in [4.69, 9.17) is 14.4 Å². The molecule has 0 saturated carbocycles. The van der Waals surface area contributed by atoms with Gasteiger partial charge in [-0.25, -0.2) is 4.98 Å². The first-order valence-corrected chi connectivity index (χ1v) is 9.43. The molecule has 0 radical (unpaired) electrons. The molecular formula is C23H20N4O. The van der Waals surface area contributed by atoms with Gasteiger partial charge in [0.25, 0.3) is 0 Å². The summed E-state index contributed by atoms with van der Waals surface area (Å²) in [5, 5.41) is 3.30. The number of hydrogen-bond donors (Lipinski definition) is 1. The number of furan rings is 1. The van der Waals surface area contributed by atoms with Crippen LogP contribution in [0.1, 0.15) is 11.3 Å². The standard InChI is InChI=1S/C23H20N4O/c1-2-7-17(8-3-1)20-15-22(27-13-12-18-9-4-5-11-21(18)27)26-23(25-20)24-16-19-10-6-14-28-19/h1-11,14-15H,12-13,16H2,(H,24,25,26). The lowest BCUT2D eigenvalue weighted by atomic mass is 10.1. The molecule has 0 atom stereocenters. The first-order chi connectivity index (χ1) is 13.9. The van der Waals surface area contributed by atoms with Gasteiger partial charge in [-0.15, -0.1) is 0 Å². The van der Waals surface area contributed by atoms with Gasteiger partial charge >= 0.3 is 0 Å². The van der Waals surface area contributed by atoms with Crippen molar-refractivity contribution in [1.82, 2.24) is 9.97 Å². The highest BCUT2D eigenvalue weighted by Gasteiger charge is 2.22. The van der Waals surface area contributed by atoms with Gasteiger partial charge in [0, 0.05) is 23.9 Å². The Morgan fingerprint density at radius 1 is 0.929 bits per heavy atom. The Labute approximate surface area is 163 Å². The Kier molecular flexibility index (Phi) is 4.26. The summed E-state index contributed by atoms with van der Waals surface area (Å²) in [5.74, 6) is 2.35. The molecule has 0 aliphatic carbocycles. The van der Waals surface area contributed by atoms with Crippen molar-refractivity contribution in [3.05, 3.63) is 90.4 Å². The van der Waals surface area contributed by atoms with Gasteiger partial charge in [-0.3, -0.25) is 0 Å². The third-order valence-corrected chi connectivity index (χ3v) is 4.95. The molecule has 28 heavy (non-hydrogen) atoms. The lowest BCUT2D eigenvalue weighted by Gasteiger charge is -2.20. The Bertz CT molecular complexity index is 1080. The van der Waals surface area contributed by atoms with Crippen molar-refractivity contribution in [3.8, 4) is 11.3 Å². The quantitative estimate of drug-likeness (QED) is 0.535. The highest BCUT2D eigenvalue weighted by atomic mass is 16.3. The molecule has 4 aromatic rings. The Morgan fingerprint density at radius 2 is 1.79 bits per heavy atom. The number of hydrogen-bond acceptors (Lipinski definition) is 5. The van der Waals surface area contributed by atoms with E-state index in [1.807, 2.05) is 30.3 Å². The van der Waals surface area contributed by atoms with Crippen LogP contribution in [0.5, 0.6) is 0 Å². The van der Waals surface area contributed by atoms with Crippen LogP contribution in [0.2, 0.25) is 0 Å². The second-order valence-electron chi connectivity index (χ2n) is 6.76. The van der Waals surface area contributed by atoms with Crippen LogP contribution >= 0.6 is 0 Å². The van der Waals surface area contributed by atoms with E-state index < -0.39 is 0 Å². The number of rotatable bonds is 5. The molecular weight excluding hydrogens is 348 g/mol. The maximum absolute atomic E-state index is 5.42. The fraction of sp³-hybridized carbons (Fsp3) is 0.130. The maximum Gasteiger partial charge on any atom is 0.225 e. The number of anilines is 3. The molecule has 2 aromatic heterocycles. The van der Waals surface area contributed by atoms with Gasteiger partial charge < -0.3 is 14.6 Å². The summed E-state index contributed by atoms with van der Waals surface area (Å²) in [4.78, 5) is 11.8. The molecule has 5 rings (SSSR count). The molecule has 2 aromatic carbocycles. The number of benzene rings is 2. The highest BCUT2D eigenvalue weighted by Crippen LogP contribution is 2.35. The molecule has 1 aliphatic rings. The molecule has 0 saturated heterocycles. The van der Waals surface area contributed by atoms with Crippen LogP contribution in [0.15, 0.2) is 83.5 Å². The molecule has 0 unspecified atom stereocenters. The van der Waals surface area contributed by atoms with Gasteiger partial charge in [-0.05, 0) is 30.2 Å². The second kappa shape index (κ2) is 7.19. The summed E-state index contributed by atoms with van der Waals surface area (Å²) in [7, 11) is 0. The van der Waals surface area contributed by atoms with Crippen LogP contribution in [0.25, 0.3) is 11.3 Å². The molecule has 0 fully saturated rings. The summed E-state index contributed by atoms with van der Waals surface area (Å²) in [6.07, 6.45) is 2.70. The topological polar surface area (TPSA) is 54.2 Å². The van der Waals surface area contributed by atoms with E-state index in [9.17, 15) is 0 Å². The van der Waals surface area contributed by atoms with Gasteiger partial charge in [0.2, 0.25) is 5.95 Å². The van der Waals surface area contributed by atoms with E-state index in [1.165, 1.54) is 11.3 Å². The van der Waals surface area contributed by atoms with Crippen LogP contribution in [0, 0.1) is 0 Å². The molecule has 0 bridgehead atoms. The lowest BCUT2D eigenvalue weighted by Crippen LogP contribution is -2.16. The molecule has 5 heteroatoms. The third kappa shape index (κ3) is 3.22. The fourth-order valence-corrected chi connectivity index (χ4v) is 3.56. The molecule has 5 nitrogen and oxygen atoms in total. The van der Waals surface area contributed by atoms with Gasteiger partial charge in [0.1, 0.15) is 11.6 Å². The zero-order valence-electron chi connectivity index (χ0n) is 15.4. The molecule has 0 spiro atoms. The van der Waals surface area contributed by atoms with Crippen molar-refractivity contribution in [1.29, 1.82) is 0 Å². The number of para-hydroxylation sites is 1. The minimum Gasteiger partial charge on any atom is -0.467 e. The van der Waals surface area contributed by atoms with E-state index in [-0.39, 0.29) is 0 Å². The molecule has 138 valence electrons. The van der Waals surface area contributed by atoms with E-state index >= 15 is 0 Å². The van der Waals surface area contributed by atoms with Crippen molar-refractivity contribution in [3.63, 3.8) is 0 Å². The fourth-order valence-electron chi connectivity index (χ4n) is 3.56. The van der Waals surface area contributed by atoms with Crippen molar-refractivity contribution < 1.29 is 4.42 Å². The number of nitrogens with one attached hydrogen (secondary N) is 1. The second-order valence-corrected chi connectivity index (χ2v) is 6.76. The Balaban J connectivity index is 1.53. The minimum atomic E-state index is 0.543. The Hall–Kier alpha value is -3.60. The van der Waals surface area contributed by atoms with E-state index in [1.54, 1.807) is 6.26 Å². The Morgan fingerprint density at radius 3 is 2.64 bits per heavy atom. The molecule has 0 amide bonds. The van der Waals surface area contributed by atoms with Gasteiger partial charge in [0.05, 0.1) is 18.5 Å². The van der Waals surface area contributed by atoms with Gasteiger partial charge in [-0.1, -0.05) is 48.5 Å². The van der Waals surface area contributed by atoms with Crippen LogP contribution in [0.4, 0.5) is 17.5 Å². The minimum absolute atomic E-state index is 0.543. The molecule has 1 aliphatic heterocycles. The predicted molar refractivity (Wildman–Crippen MR) is 111 cm³/mol. The van der Waals surface area contributed by atoms with Crippen molar-refractivity contribution >= 4 is 17.5 Å². The summed E-state index contributed by atoms with van der Waals surface area (Å²) in [6, 6.07) is 24.6. The van der Waals surface area contributed by atoms with Gasteiger partial charge in [-0.2, -0.15) is 4.98 Å². The molecule has 3 heterocycles. The SMILES string of the molecule is c1ccc(-c2cc(N3CCc4ccccc43)nc(NCc3ccco3)n2)cc1. The smallest absolute Gasteiger partial charge is 0.225 e. The van der Waals surface area contributed by atoms with E-state index in [2.05, 4.69) is 52.7 Å². The summed E-state index contributed by atoms with van der Waals surface area (Å²) < 4.78 is 5.42. The lowest BCUT2D eigenvalue weighted by molar-refractivity contribution is 0.517. The van der Waals surface area contributed by atoms with E-state index in [0.29, 0.717) is 12.5 Å². The normalized spacial score (nSPS) is 12.8. The predicted octanol–water partition coefficient (Wildman–Crippen LogP) is 5.04. The zero-order chi connectivity index (χ0) is 18.8. The molecule has 1 N–H and O–H groups in total. The number of fused-ring (bicyclic) bond motifs is 1. The average Bonchev–Trinajstić information content (AvgIpc) is 3.42. The number of aromatic nitrogens is 2. The van der Waals surface area contributed by atoms with E-state index in [0.717, 1.165) is 35.8 Å². The van der Waals surface area contributed by atoms with Crippen LogP contribution in [0.3, 0.4) is 0 Å². The average molecular weight is 368 g/mol. The largest absolute Gasteiger partial charge is 0.467 e. The summed E-state index contributed by atoms with van der Waals surface area (Å²) >= 11 is 0. The third-order valence-electron chi connectivity index (χ3n) is 4.95. The van der Waals surface area contributed by atoms with Crippen LogP contribution in [-0.4, -0.2) is 16.5 Å². The monoisotopic (exact) mass is 368 g/mol.